The Morgan fingerprint density at radius 1 is 1.33 bits per heavy atom. The maximum absolute atomic E-state index is 12.7. The van der Waals surface area contributed by atoms with E-state index in [9.17, 15) is 9.59 Å². The fourth-order valence-electron chi connectivity index (χ4n) is 2.90. The van der Waals surface area contributed by atoms with Gasteiger partial charge in [0.1, 0.15) is 0 Å². The van der Waals surface area contributed by atoms with Gasteiger partial charge in [0.2, 0.25) is 0 Å². The van der Waals surface area contributed by atoms with Crippen molar-refractivity contribution in [2.75, 3.05) is 25.0 Å². The number of carboxylic acids is 1. The second-order valence-electron chi connectivity index (χ2n) is 5.84. The highest BCUT2D eigenvalue weighted by molar-refractivity contribution is 7.09. The molecule has 2 aromatic rings. The molecule has 1 atom stereocenters. The number of benzene rings is 1. The second-order valence-corrected chi connectivity index (χ2v) is 6.73. The number of carbonyl (C=O) groups is 2. The van der Waals surface area contributed by atoms with Gasteiger partial charge in [-0.3, -0.25) is 4.90 Å². The van der Waals surface area contributed by atoms with Gasteiger partial charge in [0.05, 0.1) is 5.01 Å². The van der Waals surface area contributed by atoms with Gasteiger partial charge in [-0.2, -0.15) is 0 Å². The fraction of sp³-hybridized carbons (Fsp3) is 0.353. The number of aromatic nitrogens is 1. The van der Waals surface area contributed by atoms with Crippen molar-refractivity contribution in [1.82, 2.24) is 9.88 Å². The summed E-state index contributed by atoms with van der Waals surface area (Å²) in [6.45, 7) is 1.28. The number of hydrogen-bond donors (Lipinski definition) is 1. The third kappa shape index (κ3) is 3.41. The Balaban J connectivity index is 1.70. The van der Waals surface area contributed by atoms with Gasteiger partial charge in [-0.25, -0.2) is 14.6 Å². The molecule has 0 radical (unpaired) electrons. The lowest BCUT2D eigenvalue weighted by Gasteiger charge is -2.34. The maximum atomic E-state index is 12.7. The van der Waals surface area contributed by atoms with Crippen LogP contribution in [-0.4, -0.2) is 47.1 Å². The van der Waals surface area contributed by atoms with Crippen LogP contribution in [0.3, 0.4) is 0 Å². The minimum absolute atomic E-state index is 0.0408. The van der Waals surface area contributed by atoms with Crippen molar-refractivity contribution in [3.63, 3.8) is 0 Å². The number of hydrogen-bond acceptors (Lipinski definition) is 4. The Hall–Kier alpha value is -2.41. The molecule has 24 heavy (non-hydrogen) atoms. The summed E-state index contributed by atoms with van der Waals surface area (Å²) in [4.78, 5) is 31.4. The molecular weight excluding hydrogens is 326 g/mol. The lowest BCUT2D eigenvalue weighted by atomic mass is 9.99. The third-order valence-electron chi connectivity index (χ3n) is 4.21. The lowest BCUT2D eigenvalue weighted by Crippen LogP contribution is -2.45. The molecule has 0 saturated carbocycles. The van der Waals surface area contributed by atoms with Crippen LogP contribution in [0.1, 0.15) is 34.3 Å². The molecule has 0 spiro atoms. The third-order valence-corrected chi connectivity index (χ3v) is 5.22. The van der Waals surface area contributed by atoms with E-state index in [4.69, 9.17) is 5.11 Å². The molecule has 0 bridgehead atoms. The van der Waals surface area contributed by atoms with Crippen LogP contribution in [0.4, 0.5) is 10.5 Å². The van der Waals surface area contributed by atoms with Crippen molar-refractivity contribution in [3.05, 3.63) is 46.4 Å². The number of nitrogens with zero attached hydrogens (tertiary/aromatic N) is 3. The molecule has 2 amide bonds. The van der Waals surface area contributed by atoms with Crippen LogP contribution in [0.5, 0.6) is 0 Å². The number of rotatable bonds is 3. The first-order valence-corrected chi connectivity index (χ1v) is 8.70. The summed E-state index contributed by atoms with van der Waals surface area (Å²) < 4.78 is 0. The van der Waals surface area contributed by atoms with Crippen molar-refractivity contribution in [1.29, 1.82) is 0 Å². The predicted octanol–water partition coefficient (Wildman–Crippen LogP) is 3.28. The quantitative estimate of drug-likeness (QED) is 0.926. The zero-order valence-electron chi connectivity index (χ0n) is 13.4. The first kappa shape index (κ1) is 16.4. The van der Waals surface area contributed by atoms with Crippen molar-refractivity contribution in [3.8, 4) is 0 Å². The molecule has 1 aromatic heterocycles. The van der Waals surface area contributed by atoms with E-state index in [1.807, 2.05) is 35.2 Å². The van der Waals surface area contributed by atoms with Gasteiger partial charge in [0, 0.05) is 37.1 Å². The number of anilines is 1. The zero-order valence-corrected chi connectivity index (χ0v) is 14.2. The number of likely N-dealkylation sites (tertiary alicyclic amines) is 1. The molecule has 1 saturated heterocycles. The molecule has 0 aliphatic carbocycles. The van der Waals surface area contributed by atoms with E-state index >= 15 is 0 Å². The van der Waals surface area contributed by atoms with Crippen LogP contribution in [0.2, 0.25) is 0 Å². The van der Waals surface area contributed by atoms with E-state index in [0.717, 1.165) is 23.5 Å². The van der Waals surface area contributed by atoms with E-state index in [2.05, 4.69) is 4.98 Å². The summed E-state index contributed by atoms with van der Waals surface area (Å²) in [5, 5.41) is 11.4. The molecule has 126 valence electrons. The summed E-state index contributed by atoms with van der Waals surface area (Å²) in [5.41, 5.74) is 0.937. The SMILES string of the molecule is CN(C(=O)N1CCCC(c2nc(C(=O)O)cs2)C1)c1ccccc1. The number of carbonyl (C=O) groups excluding carboxylic acids is 1. The standard InChI is InChI=1S/C17H19N3O3S/c1-19(13-7-3-2-4-8-13)17(23)20-9-5-6-12(10-20)15-18-14(11-24-15)16(21)22/h2-4,7-8,11-12H,5-6,9-10H2,1H3,(H,21,22). The highest BCUT2D eigenvalue weighted by Gasteiger charge is 2.29. The van der Waals surface area contributed by atoms with Crippen molar-refractivity contribution in [2.24, 2.45) is 0 Å². The summed E-state index contributed by atoms with van der Waals surface area (Å²) in [7, 11) is 1.77. The number of urea groups is 1. The smallest absolute Gasteiger partial charge is 0.355 e. The molecule has 3 rings (SSSR count). The molecule has 2 heterocycles. The second kappa shape index (κ2) is 7.00. The van der Waals surface area contributed by atoms with Crippen LogP contribution >= 0.6 is 11.3 Å². The average Bonchev–Trinajstić information content (AvgIpc) is 3.12. The van der Waals surface area contributed by atoms with Crippen molar-refractivity contribution < 1.29 is 14.7 Å². The Morgan fingerprint density at radius 3 is 2.75 bits per heavy atom. The topological polar surface area (TPSA) is 73.7 Å². The Morgan fingerprint density at radius 2 is 2.08 bits per heavy atom. The molecule has 7 heteroatoms. The number of thiazole rings is 1. The molecule has 1 unspecified atom stereocenters. The summed E-state index contributed by atoms with van der Waals surface area (Å²) in [6, 6.07) is 9.49. The van der Waals surface area contributed by atoms with Gasteiger partial charge in [-0.1, -0.05) is 18.2 Å². The van der Waals surface area contributed by atoms with Gasteiger partial charge in [0.15, 0.2) is 5.69 Å². The Kier molecular flexibility index (Phi) is 4.80. The van der Waals surface area contributed by atoms with Gasteiger partial charge in [-0.05, 0) is 25.0 Å². The molecule has 1 aliphatic rings. The predicted molar refractivity (Wildman–Crippen MR) is 92.9 cm³/mol. The van der Waals surface area contributed by atoms with Crippen molar-refractivity contribution in [2.45, 2.75) is 18.8 Å². The van der Waals surface area contributed by atoms with Crippen molar-refractivity contribution >= 4 is 29.0 Å². The monoisotopic (exact) mass is 345 g/mol. The molecular formula is C17H19N3O3S. The Bertz CT molecular complexity index is 732. The minimum atomic E-state index is -1.01. The Labute approximate surface area is 144 Å². The summed E-state index contributed by atoms with van der Waals surface area (Å²) in [5.74, 6) is -0.907. The largest absolute Gasteiger partial charge is 0.476 e. The average molecular weight is 345 g/mol. The fourth-order valence-corrected chi connectivity index (χ4v) is 3.82. The van der Waals surface area contributed by atoms with Gasteiger partial charge >= 0.3 is 12.0 Å². The number of amides is 2. The molecule has 6 nitrogen and oxygen atoms in total. The maximum Gasteiger partial charge on any atom is 0.355 e. The summed E-state index contributed by atoms with van der Waals surface area (Å²) in [6.07, 6.45) is 1.81. The van der Waals surface area contributed by atoms with E-state index in [0.29, 0.717) is 13.1 Å². The molecule has 1 fully saturated rings. The van der Waals surface area contributed by atoms with Crippen LogP contribution in [0.25, 0.3) is 0 Å². The summed E-state index contributed by atoms with van der Waals surface area (Å²) >= 11 is 1.36. The van der Waals surface area contributed by atoms with Crippen LogP contribution in [0, 0.1) is 0 Å². The molecule has 1 N–H and O–H groups in total. The highest BCUT2D eigenvalue weighted by atomic mass is 32.1. The first-order valence-electron chi connectivity index (χ1n) is 7.82. The van der Waals surface area contributed by atoms with E-state index in [-0.39, 0.29) is 17.6 Å². The first-order chi connectivity index (χ1) is 11.6. The minimum Gasteiger partial charge on any atom is -0.476 e. The van der Waals surface area contributed by atoms with Gasteiger partial charge in [0.25, 0.3) is 0 Å². The molecule has 1 aliphatic heterocycles. The number of para-hydroxylation sites is 1. The van der Waals surface area contributed by atoms with E-state index in [1.54, 1.807) is 17.3 Å². The van der Waals surface area contributed by atoms with Crippen LogP contribution in [0.15, 0.2) is 35.7 Å². The number of aromatic carboxylic acids is 1. The lowest BCUT2D eigenvalue weighted by molar-refractivity contribution is 0.0691. The van der Waals surface area contributed by atoms with E-state index < -0.39 is 5.97 Å². The van der Waals surface area contributed by atoms with Gasteiger partial charge in [-0.15, -0.1) is 11.3 Å². The highest BCUT2D eigenvalue weighted by Crippen LogP contribution is 2.30. The number of piperidine rings is 1. The van der Waals surface area contributed by atoms with E-state index in [1.165, 1.54) is 11.3 Å². The van der Waals surface area contributed by atoms with Gasteiger partial charge < -0.3 is 10.0 Å². The molecule has 1 aromatic carbocycles. The van der Waals surface area contributed by atoms with Crippen LogP contribution < -0.4 is 4.90 Å². The normalized spacial score (nSPS) is 17.5. The van der Waals surface area contributed by atoms with Crippen LogP contribution in [-0.2, 0) is 0 Å². The number of carboxylic acid groups (broad SMARTS) is 1. The zero-order chi connectivity index (χ0) is 17.1.